The summed E-state index contributed by atoms with van der Waals surface area (Å²) in [5, 5.41) is 3.39. The predicted octanol–water partition coefficient (Wildman–Crippen LogP) is 1.34. The molecule has 0 spiro atoms. The van der Waals surface area contributed by atoms with E-state index in [0.717, 1.165) is 32.1 Å². The van der Waals surface area contributed by atoms with Gasteiger partial charge in [0.25, 0.3) is 0 Å². The zero-order valence-corrected chi connectivity index (χ0v) is 10.5. The molecule has 1 rings (SSSR count). The van der Waals surface area contributed by atoms with Crippen molar-refractivity contribution in [1.29, 1.82) is 0 Å². The second-order valence-electron chi connectivity index (χ2n) is 4.57. The van der Waals surface area contributed by atoms with Gasteiger partial charge in [-0.25, -0.2) is 0 Å². The first-order chi connectivity index (χ1) is 7.27. The molecule has 0 aliphatic carbocycles. The van der Waals surface area contributed by atoms with Gasteiger partial charge in [0.1, 0.15) is 0 Å². The number of nitrogens with zero attached hydrogens (tertiary/aromatic N) is 1. The van der Waals surface area contributed by atoms with Crippen molar-refractivity contribution in [2.75, 3.05) is 39.9 Å². The smallest absolute Gasteiger partial charge is 0.0593 e. The Morgan fingerprint density at radius 1 is 1.40 bits per heavy atom. The summed E-state index contributed by atoms with van der Waals surface area (Å²) < 4.78 is 5.52. The first kappa shape index (κ1) is 12.9. The molecule has 0 bridgehead atoms. The quantitative estimate of drug-likeness (QED) is 0.675. The Balaban J connectivity index is 2.11. The van der Waals surface area contributed by atoms with Gasteiger partial charge in [-0.05, 0) is 32.4 Å². The molecule has 0 amide bonds. The van der Waals surface area contributed by atoms with E-state index in [-0.39, 0.29) is 0 Å². The van der Waals surface area contributed by atoms with Gasteiger partial charge < -0.3 is 15.0 Å². The van der Waals surface area contributed by atoms with Crippen molar-refractivity contribution < 1.29 is 4.74 Å². The number of hydrogen-bond acceptors (Lipinski definition) is 3. The lowest BCUT2D eigenvalue weighted by Crippen LogP contribution is -2.47. The molecular weight excluding hydrogens is 188 g/mol. The summed E-state index contributed by atoms with van der Waals surface area (Å²) in [7, 11) is 2.07. The Hall–Kier alpha value is -0.120. The third-order valence-corrected chi connectivity index (χ3v) is 3.26. The second kappa shape index (κ2) is 7.20. The van der Waals surface area contributed by atoms with Crippen molar-refractivity contribution >= 4 is 0 Å². The summed E-state index contributed by atoms with van der Waals surface area (Å²) in [5.74, 6) is 0.759. The van der Waals surface area contributed by atoms with Crippen LogP contribution in [0.1, 0.15) is 26.7 Å². The van der Waals surface area contributed by atoms with E-state index in [2.05, 4.69) is 31.1 Å². The molecule has 1 aliphatic rings. The van der Waals surface area contributed by atoms with E-state index in [0.29, 0.717) is 6.04 Å². The van der Waals surface area contributed by atoms with E-state index in [4.69, 9.17) is 4.74 Å². The fraction of sp³-hybridized carbons (Fsp3) is 1.00. The van der Waals surface area contributed by atoms with Crippen LogP contribution in [-0.2, 0) is 4.74 Å². The van der Waals surface area contributed by atoms with Gasteiger partial charge in [0.15, 0.2) is 0 Å². The monoisotopic (exact) mass is 214 g/mol. The molecule has 0 saturated carbocycles. The highest BCUT2D eigenvalue weighted by Crippen LogP contribution is 2.15. The Bertz CT molecular complexity index is 164. The summed E-state index contributed by atoms with van der Waals surface area (Å²) in [5.41, 5.74) is 0. The first-order valence-corrected chi connectivity index (χ1v) is 6.25. The zero-order chi connectivity index (χ0) is 11.1. The van der Waals surface area contributed by atoms with Crippen molar-refractivity contribution in [3.8, 4) is 0 Å². The second-order valence-corrected chi connectivity index (χ2v) is 4.57. The highest BCUT2D eigenvalue weighted by Gasteiger charge is 2.24. The standard InChI is InChI=1S/C12H26N2O/c1-4-8-15-9-7-14-6-5-12(13-3)11(2)10-14/h11-13H,4-10H2,1-3H3. The molecule has 0 radical (unpaired) electrons. The average molecular weight is 214 g/mol. The van der Waals surface area contributed by atoms with E-state index in [1.54, 1.807) is 0 Å². The third-order valence-electron chi connectivity index (χ3n) is 3.26. The van der Waals surface area contributed by atoms with Crippen LogP contribution in [-0.4, -0.2) is 50.8 Å². The van der Waals surface area contributed by atoms with Crippen LogP contribution >= 0.6 is 0 Å². The average Bonchev–Trinajstić information content (AvgIpc) is 2.25. The van der Waals surface area contributed by atoms with Crippen molar-refractivity contribution in [3.63, 3.8) is 0 Å². The molecule has 1 N–H and O–H groups in total. The largest absolute Gasteiger partial charge is 0.380 e. The lowest BCUT2D eigenvalue weighted by atomic mass is 9.94. The topological polar surface area (TPSA) is 24.5 Å². The SMILES string of the molecule is CCCOCCN1CCC(NC)C(C)C1. The minimum absolute atomic E-state index is 0.706. The molecule has 2 unspecified atom stereocenters. The summed E-state index contributed by atoms with van der Waals surface area (Å²) in [6.45, 7) is 9.81. The Morgan fingerprint density at radius 2 is 2.20 bits per heavy atom. The molecule has 2 atom stereocenters. The summed E-state index contributed by atoms with van der Waals surface area (Å²) in [6, 6.07) is 0.706. The van der Waals surface area contributed by atoms with E-state index in [9.17, 15) is 0 Å². The van der Waals surface area contributed by atoms with Crippen LogP contribution in [0.25, 0.3) is 0 Å². The van der Waals surface area contributed by atoms with E-state index < -0.39 is 0 Å². The van der Waals surface area contributed by atoms with Gasteiger partial charge in [-0.1, -0.05) is 13.8 Å². The lowest BCUT2D eigenvalue weighted by molar-refractivity contribution is 0.0793. The van der Waals surface area contributed by atoms with Crippen molar-refractivity contribution in [1.82, 2.24) is 10.2 Å². The fourth-order valence-electron chi connectivity index (χ4n) is 2.30. The van der Waals surface area contributed by atoms with Gasteiger partial charge in [-0.3, -0.25) is 0 Å². The maximum absolute atomic E-state index is 5.52. The minimum atomic E-state index is 0.706. The summed E-state index contributed by atoms with van der Waals surface area (Å²) in [4.78, 5) is 2.52. The van der Waals surface area contributed by atoms with E-state index in [1.807, 2.05) is 0 Å². The van der Waals surface area contributed by atoms with Gasteiger partial charge in [-0.15, -0.1) is 0 Å². The number of piperidine rings is 1. The molecule has 0 aromatic carbocycles. The van der Waals surface area contributed by atoms with Crippen LogP contribution in [0.2, 0.25) is 0 Å². The Kier molecular flexibility index (Phi) is 6.22. The highest BCUT2D eigenvalue weighted by atomic mass is 16.5. The highest BCUT2D eigenvalue weighted by molar-refractivity contribution is 4.81. The number of likely N-dealkylation sites (tertiary alicyclic amines) is 1. The van der Waals surface area contributed by atoms with Gasteiger partial charge in [0.05, 0.1) is 6.61 Å². The molecule has 1 aliphatic heterocycles. The van der Waals surface area contributed by atoms with Gasteiger partial charge in [-0.2, -0.15) is 0 Å². The van der Waals surface area contributed by atoms with Crippen LogP contribution in [0.4, 0.5) is 0 Å². The van der Waals surface area contributed by atoms with Crippen molar-refractivity contribution in [2.45, 2.75) is 32.7 Å². The summed E-state index contributed by atoms with van der Waals surface area (Å²) in [6.07, 6.45) is 2.39. The van der Waals surface area contributed by atoms with Gasteiger partial charge in [0, 0.05) is 25.7 Å². The van der Waals surface area contributed by atoms with Crippen LogP contribution in [0.3, 0.4) is 0 Å². The maximum Gasteiger partial charge on any atom is 0.0593 e. The Labute approximate surface area is 94.2 Å². The lowest BCUT2D eigenvalue weighted by Gasteiger charge is -2.36. The Morgan fingerprint density at radius 3 is 2.80 bits per heavy atom. The third kappa shape index (κ3) is 4.49. The normalized spacial score (nSPS) is 28.2. The molecule has 3 heteroatoms. The van der Waals surface area contributed by atoms with Crippen LogP contribution in [0.5, 0.6) is 0 Å². The number of ether oxygens (including phenoxy) is 1. The van der Waals surface area contributed by atoms with E-state index >= 15 is 0 Å². The first-order valence-electron chi connectivity index (χ1n) is 6.25. The molecule has 90 valence electrons. The number of nitrogens with one attached hydrogen (secondary N) is 1. The molecule has 1 heterocycles. The van der Waals surface area contributed by atoms with E-state index in [1.165, 1.54) is 19.5 Å². The van der Waals surface area contributed by atoms with Gasteiger partial charge >= 0.3 is 0 Å². The number of rotatable bonds is 6. The molecule has 3 nitrogen and oxygen atoms in total. The minimum Gasteiger partial charge on any atom is -0.380 e. The molecular formula is C12H26N2O. The molecule has 1 saturated heterocycles. The number of hydrogen-bond donors (Lipinski definition) is 1. The molecule has 0 aromatic heterocycles. The van der Waals surface area contributed by atoms with Crippen LogP contribution < -0.4 is 5.32 Å². The summed E-state index contributed by atoms with van der Waals surface area (Å²) >= 11 is 0. The molecule has 0 aromatic rings. The zero-order valence-electron chi connectivity index (χ0n) is 10.5. The van der Waals surface area contributed by atoms with Crippen molar-refractivity contribution in [2.24, 2.45) is 5.92 Å². The molecule has 1 fully saturated rings. The van der Waals surface area contributed by atoms with Crippen LogP contribution in [0.15, 0.2) is 0 Å². The maximum atomic E-state index is 5.52. The molecule has 15 heavy (non-hydrogen) atoms. The fourth-order valence-corrected chi connectivity index (χ4v) is 2.30. The van der Waals surface area contributed by atoms with Gasteiger partial charge in [0.2, 0.25) is 0 Å². The predicted molar refractivity (Wildman–Crippen MR) is 64.2 cm³/mol. The van der Waals surface area contributed by atoms with Crippen molar-refractivity contribution in [3.05, 3.63) is 0 Å². The van der Waals surface area contributed by atoms with Crippen LogP contribution in [0, 0.1) is 5.92 Å².